The van der Waals surface area contributed by atoms with Gasteiger partial charge in [-0.15, -0.1) is 0 Å². The van der Waals surface area contributed by atoms with E-state index >= 15 is 0 Å². The van der Waals surface area contributed by atoms with Crippen LogP contribution in [0, 0.1) is 11.3 Å². The molecule has 0 saturated heterocycles. The SMILES string of the molecule is O=C(O)CC1(CP(=O)(O)Cc2ccccc2)CC1C(=O)O. The highest BCUT2D eigenvalue weighted by molar-refractivity contribution is 7.57. The summed E-state index contributed by atoms with van der Waals surface area (Å²) in [6.45, 7) is 0. The summed E-state index contributed by atoms with van der Waals surface area (Å²) < 4.78 is 12.4. The molecule has 3 unspecified atom stereocenters. The molecule has 3 atom stereocenters. The van der Waals surface area contributed by atoms with Crippen LogP contribution in [0.2, 0.25) is 0 Å². The van der Waals surface area contributed by atoms with Crippen molar-refractivity contribution in [1.82, 2.24) is 0 Å². The van der Waals surface area contributed by atoms with Crippen LogP contribution in [0.15, 0.2) is 30.3 Å². The Morgan fingerprint density at radius 3 is 2.33 bits per heavy atom. The summed E-state index contributed by atoms with van der Waals surface area (Å²) in [6, 6.07) is 8.72. The molecule has 6 nitrogen and oxygen atoms in total. The molecule has 114 valence electrons. The van der Waals surface area contributed by atoms with Crippen molar-refractivity contribution in [2.75, 3.05) is 6.16 Å². The lowest BCUT2D eigenvalue weighted by atomic mass is 10.0. The van der Waals surface area contributed by atoms with Gasteiger partial charge in [-0.3, -0.25) is 14.2 Å². The van der Waals surface area contributed by atoms with E-state index in [0.717, 1.165) is 0 Å². The summed E-state index contributed by atoms with van der Waals surface area (Å²) in [7, 11) is -3.63. The summed E-state index contributed by atoms with van der Waals surface area (Å²) in [5.41, 5.74) is -0.405. The van der Waals surface area contributed by atoms with Crippen molar-refractivity contribution in [2.24, 2.45) is 11.3 Å². The van der Waals surface area contributed by atoms with Gasteiger partial charge in [-0.25, -0.2) is 0 Å². The minimum Gasteiger partial charge on any atom is -0.481 e. The van der Waals surface area contributed by atoms with Crippen LogP contribution >= 0.6 is 7.37 Å². The van der Waals surface area contributed by atoms with Crippen molar-refractivity contribution in [3.05, 3.63) is 35.9 Å². The minimum atomic E-state index is -3.63. The molecule has 0 aromatic heterocycles. The summed E-state index contributed by atoms with van der Waals surface area (Å²) in [5, 5.41) is 17.9. The Morgan fingerprint density at radius 2 is 1.86 bits per heavy atom. The van der Waals surface area contributed by atoms with Crippen molar-refractivity contribution in [1.29, 1.82) is 0 Å². The molecule has 7 heteroatoms. The number of benzene rings is 1. The average molecular weight is 312 g/mol. The van der Waals surface area contributed by atoms with E-state index in [0.29, 0.717) is 5.56 Å². The first-order valence-corrected chi connectivity index (χ1v) is 8.56. The maximum atomic E-state index is 12.4. The lowest BCUT2D eigenvalue weighted by molar-refractivity contribution is -0.140. The zero-order valence-electron chi connectivity index (χ0n) is 11.3. The Bertz CT molecular complexity index is 599. The van der Waals surface area contributed by atoms with Gasteiger partial charge in [0.05, 0.1) is 12.3 Å². The molecule has 1 aliphatic carbocycles. The van der Waals surface area contributed by atoms with Gasteiger partial charge in [-0.1, -0.05) is 30.3 Å². The maximum absolute atomic E-state index is 12.4. The first-order valence-electron chi connectivity index (χ1n) is 6.53. The fourth-order valence-electron chi connectivity index (χ4n) is 2.84. The number of carboxylic acids is 2. The second kappa shape index (κ2) is 5.62. The van der Waals surface area contributed by atoms with Crippen LogP contribution in [0.4, 0.5) is 0 Å². The van der Waals surface area contributed by atoms with Crippen molar-refractivity contribution in [2.45, 2.75) is 19.0 Å². The Kier molecular flexibility index (Phi) is 4.21. The molecule has 1 aliphatic rings. The van der Waals surface area contributed by atoms with Gasteiger partial charge in [0.1, 0.15) is 0 Å². The fraction of sp³-hybridized carbons (Fsp3) is 0.429. The number of hydrogen-bond donors (Lipinski definition) is 3. The predicted octanol–water partition coefficient (Wildman–Crippen LogP) is 2.02. The van der Waals surface area contributed by atoms with Crippen LogP contribution < -0.4 is 0 Å². The third-order valence-electron chi connectivity index (χ3n) is 3.83. The third kappa shape index (κ3) is 3.93. The Morgan fingerprint density at radius 1 is 1.24 bits per heavy atom. The van der Waals surface area contributed by atoms with Gasteiger partial charge < -0.3 is 15.1 Å². The molecule has 1 aromatic carbocycles. The van der Waals surface area contributed by atoms with E-state index in [2.05, 4.69) is 0 Å². The molecule has 0 spiro atoms. The topological polar surface area (TPSA) is 112 Å². The van der Waals surface area contributed by atoms with E-state index in [1.165, 1.54) is 0 Å². The molecule has 1 aromatic rings. The second-order valence-electron chi connectivity index (χ2n) is 5.68. The fourth-order valence-corrected chi connectivity index (χ4v) is 5.18. The molecule has 0 bridgehead atoms. The maximum Gasteiger partial charge on any atom is 0.307 e. The largest absolute Gasteiger partial charge is 0.481 e. The highest BCUT2D eigenvalue weighted by Crippen LogP contribution is 2.63. The predicted molar refractivity (Wildman–Crippen MR) is 75.3 cm³/mol. The van der Waals surface area contributed by atoms with Gasteiger partial charge in [0.25, 0.3) is 0 Å². The Labute approximate surface area is 121 Å². The molecule has 21 heavy (non-hydrogen) atoms. The van der Waals surface area contributed by atoms with Gasteiger partial charge in [0.15, 0.2) is 0 Å². The summed E-state index contributed by atoms with van der Waals surface area (Å²) in [4.78, 5) is 32.1. The van der Waals surface area contributed by atoms with Gasteiger partial charge in [-0.2, -0.15) is 0 Å². The van der Waals surface area contributed by atoms with Gasteiger partial charge in [0, 0.05) is 17.7 Å². The van der Waals surface area contributed by atoms with E-state index < -0.39 is 30.6 Å². The standard InChI is InChI=1S/C14H17O6P/c15-12(16)7-14(6-11(14)13(17)18)9-21(19,20)8-10-4-2-1-3-5-10/h1-5,11H,6-9H2,(H,15,16)(H,17,18)(H,19,20). The molecule has 0 heterocycles. The van der Waals surface area contributed by atoms with Crippen LogP contribution in [0.25, 0.3) is 0 Å². The second-order valence-corrected chi connectivity index (χ2v) is 8.00. The van der Waals surface area contributed by atoms with E-state index in [4.69, 9.17) is 10.2 Å². The van der Waals surface area contributed by atoms with Gasteiger partial charge in [-0.05, 0) is 12.0 Å². The van der Waals surface area contributed by atoms with Crippen LogP contribution in [0.1, 0.15) is 18.4 Å². The molecule has 1 saturated carbocycles. The molecule has 2 rings (SSSR count). The van der Waals surface area contributed by atoms with Crippen LogP contribution in [-0.2, 0) is 20.3 Å². The van der Waals surface area contributed by atoms with Crippen LogP contribution in [0.5, 0.6) is 0 Å². The van der Waals surface area contributed by atoms with Crippen molar-refractivity contribution in [3.8, 4) is 0 Å². The summed E-state index contributed by atoms with van der Waals surface area (Å²) in [5.74, 6) is -3.08. The van der Waals surface area contributed by atoms with E-state index in [1.54, 1.807) is 30.3 Å². The number of hydrogen-bond acceptors (Lipinski definition) is 3. The highest BCUT2D eigenvalue weighted by Gasteiger charge is 2.61. The number of aliphatic carboxylic acids is 2. The summed E-state index contributed by atoms with van der Waals surface area (Å²) in [6.07, 6.45) is -0.572. The zero-order chi connectivity index (χ0) is 15.7. The zero-order valence-corrected chi connectivity index (χ0v) is 12.2. The van der Waals surface area contributed by atoms with Gasteiger partial charge in [0.2, 0.25) is 7.37 Å². The normalized spacial score (nSPS) is 26.8. The first kappa shape index (κ1) is 15.7. The first-order chi connectivity index (χ1) is 9.74. The molecule has 0 aliphatic heterocycles. The average Bonchev–Trinajstić information content (AvgIpc) is 3.01. The Hall–Kier alpha value is -1.65. The Balaban J connectivity index is 2.11. The van der Waals surface area contributed by atoms with E-state index in [9.17, 15) is 19.0 Å². The lowest BCUT2D eigenvalue weighted by Gasteiger charge is -2.19. The van der Waals surface area contributed by atoms with Crippen molar-refractivity contribution in [3.63, 3.8) is 0 Å². The van der Waals surface area contributed by atoms with Crippen molar-refractivity contribution < 1.29 is 29.3 Å². The number of carbonyl (C=O) groups is 2. The minimum absolute atomic E-state index is 0.0679. The quantitative estimate of drug-likeness (QED) is 0.664. The van der Waals surface area contributed by atoms with E-state index in [-0.39, 0.29) is 25.2 Å². The lowest BCUT2D eigenvalue weighted by Crippen LogP contribution is -2.19. The molecular formula is C14H17O6P. The smallest absolute Gasteiger partial charge is 0.307 e. The summed E-state index contributed by atoms with van der Waals surface area (Å²) >= 11 is 0. The third-order valence-corrected chi connectivity index (χ3v) is 5.81. The van der Waals surface area contributed by atoms with E-state index in [1.807, 2.05) is 0 Å². The molecule has 0 radical (unpaired) electrons. The molecule has 3 N–H and O–H groups in total. The van der Waals surface area contributed by atoms with Gasteiger partial charge >= 0.3 is 11.9 Å². The molecular weight excluding hydrogens is 295 g/mol. The number of carboxylic acid groups (broad SMARTS) is 2. The molecule has 0 amide bonds. The monoisotopic (exact) mass is 312 g/mol. The molecule has 1 fully saturated rings. The number of rotatable bonds is 7. The highest BCUT2D eigenvalue weighted by atomic mass is 31.2. The van der Waals surface area contributed by atoms with Crippen LogP contribution in [0.3, 0.4) is 0 Å². The van der Waals surface area contributed by atoms with Crippen LogP contribution in [-0.4, -0.2) is 33.2 Å². The van der Waals surface area contributed by atoms with Crippen molar-refractivity contribution >= 4 is 19.3 Å².